The van der Waals surface area contributed by atoms with Crippen LogP contribution in [-0.4, -0.2) is 47.1 Å². The molecule has 1 saturated carbocycles. The van der Waals surface area contributed by atoms with E-state index in [4.69, 9.17) is 9.97 Å². The monoisotopic (exact) mass is 455 g/mol. The van der Waals surface area contributed by atoms with Crippen LogP contribution >= 0.6 is 15.9 Å². The molecular weight excluding hydrogens is 433 g/mol. The molecular formula is C22H23BrFN5. The van der Waals surface area contributed by atoms with Crippen molar-refractivity contribution < 1.29 is 4.39 Å². The highest BCUT2D eigenvalue weighted by atomic mass is 79.9. The Kier molecular flexibility index (Phi) is 5.09. The molecule has 1 N–H and O–H groups in total. The van der Waals surface area contributed by atoms with Crippen LogP contribution in [0.25, 0.3) is 11.0 Å². The van der Waals surface area contributed by atoms with Crippen molar-refractivity contribution in [3.8, 4) is 0 Å². The molecule has 7 heteroatoms. The minimum absolute atomic E-state index is 0.155. The Balaban J connectivity index is 1.32. The van der Waals surface area contributed by atoms with E-state index in [1.807, 2.05) is 36.4 Å². The van der Waals surface area contributed by atoms with Gasteiger partial charge in [0.2, 0.25) is 0 Å². The smallest absolute Gasteiger partial charge is 0.172 e. The average molecular weight is 456 g/mol. The van der Waals surface area contributed by atoms with Gasteiger partial charge in [0.15, 0.2) is 11.6 Å². The molecule has 1 aliphatic carbocycles. The van der Waals surface area contributed by atoms with Gasteiger partial charge in [0, 0.05) is 48.8 Å². The molecule has 3 aromatic rings. The van der Waals surface area contributed by atoms with Crippen LogP contribution in [0.3, 0.4) is 0 Å². The van der Waals surface area contributed by atoms with Gasteiger partial charge in [0.1, 0.15) is 5.82 Å². The number of halogens is 2. The zero-order valence-corrected chi connectivity index (χ0v) is 17.7. The van der Waals surface area contributed by atoms with Crippen molar-refractivity contribution in [1.82, 2.24) is 14.9 Å². The number of para-hydroxylation sites is 2. The highest BCUT2D eigenvalue weighted by molar-refractivity contribution is 9.10. The van der Waals surface area contributed by atoms with Crippen LogP contribution in [0.4, 0.5) is 16.0 Å². The minimum Gasteiger partial charge on any atom is -0.364 e. The molecule has 150 valence electrons. The van der Waals surface area contributed by atoms with Crippen molar-refractivity contribution in [3.63, 3.8) is 0 Å². The zero-order chi connectivity index (χ0) is 19.8. The van der Waals surface area contributed by atoms with Crippen LogP contribution in [-0.2, 0) is 6.54 Å². The lowest BCUT2D eigenvalue weighted by Crippen LogP contribution is -2.46. The van der Waals surface area contributed by atoms with E-state index >= 15 is 0 Å². The van der Waals surface area contributed by atoms with Crippen LogP contribution in [0.2, 0.25) is 0 Å². The number of hydrogen-bond donors (Lipinski definition) is 1. The van der Waals surface area contributed by atoms with Crippen LogP contribution < -0.4 is 10.2 Å². The molecule has 5 rings (SSSR count). The highest BCUT2D eigenvalue weighted by Gasteiger charge is 2.27. The van der Waals surface area contributed by atoms with Gasteiger partial charge in [-0.2, -0.15) is 0 Å². The molecule has 2 heterocycles. The molecule has 1 saturated heterocycles. The summed E-state index contributed by atoms with van der Waals surface area (Å²) in [5.74, 6) is 1.67. The SMILES string of the molecule is Fc1cc(Br)ccc1CN1CCN(c2nc3ccccc3nc2NC2CC2)CC1. The fourth-order valence-electron chi connectivity index (χ4n) is 3.74. The van der Waals surface area contributed by atoms with E-state index < -0.39 is 0 Å². The second kappa shape index (κ2) is 7.88. The van der Waals surface area contributed by atoms with Crippen molar-refractivity contribution in [2.75, 3.05) is 36.4 Å². The number of piperazine rings is 1. The van der Waals surface area contributed by atoms with E-state index in [0.717, 1.165) is 58.9 Å². The summed E-state index contributed by atoms with van der Waals surface area (Å²) < 4.78 is 15.0. The van der Waals surface area contributed by atoms with E-state index in [9.17, 15) is 4.39 Å². The molecule has 0 amide bonds. The van der Waals surface area contributed by atoms with Gasteiger partial charge >= 0.3 is 0 Å². The summed E-state index contributed by atoms with van der Waals surface area (Å²) in [6, 6.07) is 13.8. The summed E-state index contributed by atoms with van der Waals surface area (Å²) in [7, 11) is 0. The molecule has 29 heavy (non-hydrogen) atoms. The van der Waals surface area contributed by atoms with Gasteiger partial charge in [-0.3, -0.25) is 4.90 Å². The van der Waals surface area contributed by atoms with Gasteiger partial charge in [-0.05, 0) is 37.1 Å². The molecule has 0 radical (unpaired) electrons. The summed E-state index contributed by atoms with van der Waals surface area (Å²) >= 11 is 3.32. The second-order valence-electron chi connectivity index (χ2n) is 7.80. The molecule has 2 aromatic carbocycles. The molecule has 5 nitrogen and oxygen atoms in total. The maximum absolute atomic E-state index is 14.2. The van der Waals surface area contributed by atoms with Crippen molar-refractivity contribution in [1.29, 1.82) is 0 Å². The molecule has 0 bridgehead atoms. The van der Waals surface area contributed by atoms with E-state index in [1.165, 1.54) is 18.9 Å². The maximum atomic E-state index is 14.2. The summed E-state index contributed by atoms with van der Waals surface area (Å²) in [6.45, 7) is 4.07. The molecule has 0 spiro atoms. The van der Waals surface area contributed by atoms with Gasteiger partial charge in [-0.25, -0.2) is 14.4 Å². The molecule has 0 unspecified atom stereocenters. The Bertz CT molecular complexity index is 1030. The standard InChI is InChI=1S/C22H23BrFN5/c23-16-6-5-15(18(24)13-16)14-28-9-11-29(12-10-28)22-21(25-17-7-8-17)26-19-3-1-2-4-20(19)27-22/h1-6,13,17H,7-12,14H2,(H,25,26). The van der Waals surface area contributed by atoms with Gasteiger partial charge in [-0.1, -0.05) is 34.1 Å². The number of aromatic nitrogens is 2. The summed E-state index contributed by atoms with van der Waals surface area (Å²) in [4.78, 5) is 14.4. The number of nitrogens with zero attached hydrogens (tertiary/aromatic N) is 4. The molecule has 2 fully saturated rings. The van der Waals surface area contributed by atoms with Gasteiger partial charge in [-0.15, -0.1) is 0 Å². The van der Waals surface area contributed by atoms with Crippen LogP contribution in [0.1, 0.15) is 18.4 Å². The predicted molar refractivity (Wildman–Crippen MR) is 118 cm³/mol. The molecule has 0 atom stereocenters. The Labute approximate surface area is 178 Å². The lowest BCUT2D eigenvalue weighted by atomic mass is 10.2. The van der Waals surface area contributed by atoms with Crippen LogP contribution in [0, 0.1) is 5.82 Å². The number of nitrogens with one attached hydrogen (secondary N) is 1. The third-order valence-corrected chi connectivity index (χ3v) is 6.04. The molecule has 1 aromatic heterocycles. The van der Waals surface area contributed by atoms with E-state index in [2.05, 4.69) is 31.0 Å². The first kappa shape index (κ1) is 18.8. The molecule has 1 aliphatic heterocycles. The number of hydrogen-bond acceptors (Lipinski definition) is 5. The third kappa shape index (κ3) is 4.21. The molecule has 2 aliphatic rings. The first-order chi connectivity index (χ1) is 14.2. The Morgan fingerprint density at radius 1 is 1.00 bits per heavy atom. The Morgan fingerprint density at radius 3 is 2.41 bits per heavy atom. The van der Waals surface area contributed by atoms with E-state index in [0.29, 0.717) is 12.6 Å². The fraction of sp³-hybridized carbons (Fsp3) is 0.364. The van der Waals surface area contributed by atoms with Crippen molar-refractivity contribution >= 4 is 38.6 Å². The van der Waals surface area contributed by atoms with Crippen LogP contribution in [0.5, 0.6) is 0 Å². The van der Waals surface area contributed by atoms with Gasteiger partial charge in [0.05, 0.1) is 11.0 Å². The minimum atomic E-state index is -0.155. The van der Waals surface area contributed by atoms with Gasteiger partial charge in [0.25, 0.3) is 0 Å². The van der Waals surface area contributed by atoms with Crippen LogP contribution in [0.15, 0.2) is 46.9 Å². The van der Waals surface area contributed by atoms with Crippen molar-refractivity contribution in [2.24, 2.45) is 0 Å². The quantitative estimate of drug-likeness (QED) is 0.616. The normalized spacial score (nSPS) is 17.7. The first-order valence-corrected chi connectivity index (χ1v) is 10.9. The van der Waals surface area contributed by atoms with Crippen molar-refractivity contribution in [3.05, 3.63) is 58.3 Å². The number of fused-ring (bicyclic) bond motifs is 1. The summed E-state index contributed by atoms with van der Waals surface area (Å²) in [5, 5.41) is 3.55. The lowest BCUT2D eigenvalue weighted by molar-refractivity contribution is 0.246. The van der Waals surface area contributed by atoms with E-state index in [-0.39, 0.29) is 5.82 Å². The zero-order valence-electron chi connectivity index (χ0n) is 16.1. The fourth-order valence-corrected chi connectivity index (χ4v) is 4.07. The first-order valence-electron chi connectivity index (χ1n) is 10.1. The number of rotatable bonds is 5. The summed E-state index contributed by atoms with van der Waals surface area (Å²) in [6.07, 6.45) is 2.39. The number of anilines is 2. The third-order valence-electron chi connectivity index (χ3n) is 5.55. The van der Waals surface area contributed by atoms with Crippen molar-refractivity contribution in [2.45, 2.75) is 25.4 Å². The topological polar surface area (TPSA) is 44.3 Å². The second-order valence-corrected chi connectivity index (χ2v) is 8.72. The number of benzene rings is 2. The summed E-state index contributed by atoms with van der Waals surface area (Å²) in [5.41, 5.74) is 2.58. The Hall–Kier alpha value is -2.25. The largest absolute Gasteiger partial charge is 0.364 e. The lowest BCUT2D eigenvalue weighted by Gasteiger charge is -2.36. The highest BCUT2D eigenvalue weighted by Crippen LogP contribution is 2.31. The average Bonchev–Trinajstić information content (AvgIpc) is 3.54. The van der Waals surface area contributed by atoms with Gasteiger partial charge < -0.3 is 10.2 Å². The van der Waals surface area contributed by atoms with E-state index in [1.54, 1.807) is 0 Å². The Morgan fingerprint density at radius 2 is 1.72 bits per heavy atom. The predicted octanol–water partition coefficient (Wildman–Crippen LogP) is 4.43. The maximum Gasteiger partial charge on any atom is 0.172 e.